The van der Waals surface area contributed by atoms with Gasteiger partial charge in [-0.05, 0) is 56.2 Å². The highest BCUT2D eigenvalue weighted by molar-refractivity contribution is 7.09. The van der Waals surface area contributed by atoms with Crippen molar-refractivity contribution in [1.82, 2.24) is 4.90 Å². The summed E-state index contributed by atoms with van der Waals surface area (Å²) in [6.45, 7) is 4.02. The van der Waals surface area contributed by atoms with Gasteiger partial charge in [-0.15, -0.1) is 11.3 Å². The number of carbonyl (C=O) groups is 4. The van der Waals surface area contributed by atoms with Crippen LogP contribution in [-0.4, -0.2) is 40.0 Å². The van der Waals surface area contributed by atoms with Crippen molar-refractivity contribution in [2.24, 2.45) is 17.8 Å². The van der Waals surface area contributed by atoms with Crippen molar-refractivity contribution in [3.05, 3.63) is 80.6 Å². The fourth-order valence-electron chi connectivity index (χ4n) is 6.56. The summed E-state index contributed by atoms with van der Waals surface area (Å²) in [5.74, 6) is -2.98. The number of ketones is 2. The van der Waals surface area contributed by atoms with Gasteiger partial charge < -0.3 is 9.84 Å². The number of ether oxygens (including phenoxy) is 1. The second-order valence-corrected chi connectivity index (χ2v) is 11.2. The summed E-state index contributed by atoms with van der Waals surface area (Å²) < 4.78 is 5.62. The standard InChI is InChI=1S/C30H27NO6S/c1-3-37-23-8-4-7-18(28(23)34)24-17-9-10-19-25(30(36)31(29(19)35)14-16-6-5-11-38-16)20(17)13-21-26(24)22(32)12-15(2)27(21)33/h4-9,11-12,19-20,24-25,34H,3,10,13-14H2,1-2H3. The third-order valence-electron chi connectivity index (χ3n) is 8.19. The molecule has 1 aliphatic heterocycles. The van der Waals surface area contributed by atoms with Gasteiger partial charge in [-0.3, -0.25) is 24.1 Å². The number of fused-ring (bicyclic) bond motifs is 3. The van der Waals surface area contributed by atoms with Gasteiger partial charge in [-0.1, -0.05) is 29.8 Å². The van der Waals surface area contributed by atoms with Gasteiger partial charge in [0.05, 0.1) is 25.0 Å². The summed E-state index contributed by atoms with van der Waals surface area (Å²) in [7, 11) is 0. The predicted molar refractivity (Wildman–Crippen MR) is 140 cm³/mol. The number of amides is 2. The maximum atomic E-state index is 13.8. The molecule has 1 aromatic carbocycles. The van der Waals surface area contributed by atoms with Crippen molar-refractivity contribution in [1.29, 1.82) is 0 Å². The minimum atomic E-state index is -0.708. The molecular weight excluding hydrogens is 502 g/mol. The number of para-hydroxylation sites is 1. The minimum Gasteiger partial charge on any atom is -0.504 e. The molecule has 2 amide bonds. The van der Waals surface area contributed by atoms with Crippen molar-refractivity contribution in [3.8, 4) is 11.5 Å². The molecule has 4 unspecified atom stereocenters. The Morgan fingerprint density at radius 3 is 2.63 bits per heavy atom. The maximum Gasteiger partial charge on any atom is 0.234 e. The molecule has 1 aromatic heterocycles. The van der Waals surface area contributed by atoms with E-state index in [2.05, 4.69) is 0 Å². The summed E-state index contributed by atoms with van der Waals surface area (Å²) >= 11 is 1.50. The molecule has 2 heterocycles. The first-order chi connectivity index (χ1) is 18.3. The minimum absolute atomic E-state index is 0.0884. The molecule has 4 atom stereocenters. The number of hydrogen-bond acceptors (Lipinski definition) is 7. The summed E-state index contributed by atoms with van der Waals surface area (Å²) in [4.78, 5) is 56.2. The number of hydrogen-bond donors (Lipinski definition) is 1. The van der Waals surface area contributed by atoms with E-state index in [-0.39, 0.29) is 42.1 Å². The van der Waals surface area contributed by atoms with E-state index in [1.165, 1.54) is 22.3 Å². The van der Waals surface area contributed by atoms with Crippen LogP contribution in [0.2, 0.25) is 0 Å². The average Bonchev–Trinajstić information content (AvgIpc) is 3.50. The van der Waals surface area contributed by atoms with Gasteiger partial charge in [0, 0.05) is 33.1 Å². The van der Waals surface area contributed by atoms with Gasteiger partial charge in [-0.25, -0.2) is 0 Å². The van der Waals surface area contributed by atoms with E-state index in [9.17, 15) is 24.3 Å². The van der Waals surface area contributed by atoms with Gasteiger partial charge >= 0.3 is 0 Å². The molecule has 194 valence electrons. The Bertz CT molecular complexity index is 1480. The quantitative estimate of drug-likeness (QED) is 0.348. The molecule has 7 nitrogen and oxygen atoms in total. The second-order valence-electron chi connectivity index (χ2n) is 10.2. The molecule has 1 fully saturated rings. The van der Waals surface area contributed by atoms with Crippen LogP contribution in [-0.2, 0) is 25.7 Å². The Hall–Kier alpha value is -3.78. The molecule has 0 radical (unpaired) electrons. The molecule has 0 bridgehead atoms. The Morgan fingerprint density at radius 1 is 1.08 bits per heavy atom. The smallest absolute Gasteiger partial charge is 0.234 e. The number of Topliss-reactive ketones (excluding diaryl/α,β-unsaturated/α-hetero) is 1. The van der Waals surface area contributed by atoms with Crippen LogP contribution < -0.4 is 4.74 Å². The topological polar surface area (TPSA) is 101 Å². The molecule has 8 heteroatoms. The average molecular weight is 530 g/mol. The lowest BCUT2D eigenvalue weighted by Crippen LogP contribution is -2.39. The number of nitrogens with zero attached hydrogens (tertiary/aromatic N) is 1. The summed E-state index contributed by atoms with van der Waals surface area (Å²) in [6.07, 6.45) is 3.89. The molecule has 0 spiro atoms. The Morgan fingerprint density at radius 2 is 1.89 bits per heavy atom. The van der Waals surface area contributed by atoms with E-state index < -0.39 is 23.7 Å². The van der Waals surface area contributed by atoms with E-state index in [0.717, 1.165) is 10.5 Å². The molecule has 3 aliphatic carbocycles. The zero-order valence-corrected chi connectivity index (χ0v) is 21.9. The first kappa shape index (κ1) is 24.6. The van der Waals surface area contributed by atoms with Crippen LogP contribution in [0.15, 0.2) is 70.2 Å². The largest absolute Gasteiger partial charge is 0.504 e. The number of likely N-dealkylation sites (tertiary alicyclic amines) is 1. The Balaban J connectivity index is 1.48. The van der Waals surface area contributed by atoms with E-state index >= 15 is 0 Å². The van der Waals surface area contributed by atoms with Crippen LogP contribution in [0.3, 0.4) is 0 Å². The SMILES string of the molecule is CCOc1cccc(C2C3=CCC4C(=O)N(Cc5cccs5)C(=O)C4C3CC3=C2C(=O)C=C(C)C3=O)c1O. The van der Waals surface area contributed by atoms with E-state index in [4.69, 9.17) is 4.74 Å². The van der Waals surface area contributed by atoms with Gasteiger partial charge in [0.25, 0.3) is 0 Å². The third kappa shape index (κ3) is 3.61. The number of rotatable bonds is 5. The van der Waals surface area contributed by atoms with Crippen LogP contribution in [0.4, 0.5) is 0 Å². The summed E-state index contributed by atoms with van der Waals surface area (Å²) in [5.41, 5.74) is 2.34. The number of imide groups is 1. The van der Waals surface area contributed by atoms with Crippen LogP contribution >= 0.6 is 11.3 Å². The summed E-state index contributed by atoms with van der Waals surface area (Å²) in [5, 5.41) is 13.1. The fraction of sp³-hybridized carbons (Fsp3) is 0.333. The number of phenols is 1. The lowest BCUT2D eigenvalue weighted by Gasteiger charge is -2.42. The van der Waals surface area contributed by atoms with E-state index in [1.54, 1.807) is 25.1 Å². The molecule has 38 heavy (non-hydrogen) atoms. The highest BCUT2D eigenvalue weighted by Crippen LogP contribution is 2.56. The fourth-order valence-corrected chi connectivity index (χ4v) is 7.25. The first-order valence-electron chi connectivity index (χ1n) is 12.8. The highest BCUT2D eigenvalue weighted by Gasteiger charge is 2.56. The number of thiophene rings is 1. The van der Waals surface area contributed by atoms with Gasteiger partial charge in [-0.2, -0.15) is 0 Å². The first-order valence-corrected chi connectivity index (χ1v) is 13.7. The normalized spacial score (nSPS) is 26.6. The Labute approximate surface area is 224 Å². The molecular formula is C30H27NO6S. The van der Waals surface area contributed by atoms with Crippen LogP contribution in [0.5, 0.6) is 11.5 Å². The zero-order chi connectivity index (χ0) is 26.7. The zero-order valence-electron chi connectivity index (χ0n) is 21.1. The van der Waals surface area contributed by atoms with Gasteiger partial charge in [0.15, 0.2) is 23.1 Å². The molecule has 1 N–H and O–H groups in total. The van der Waals surface area contributed by atoms with Crippen molar-refractivity contribution in [3.63, 3.8) is 0 Å². The number of benzene rings is 1. The molecule has 1 saturated heterocycles. The molecule has 6 rings (SSSR count). The predicted octanol–water partition coefficient (Wildman–Crippen LogP) is 4.48. The van der Waals surface area contributed by atoms with Crippen molar-refractivity contribution in [2.45, 2.75) is 39.2 Å². The van der Waals surface area contributed by atoms with Gasteiger partial charge in [0.2, 0.25) is 11.8 Å². The summed E-state index contributed by atoms with van der Waals surface area (Å²) in [6, 6.07) is 8.93. The lowest BCUT2D eigenvalue weighted by molar-refractivity contribution is -0.140. The van der Waals surface area contributed by atoms with Crippen LogP contribution in [0.25, 0.3) is 0 Å². The van der Waals surface area contributed by atoms with Crippen molar-refractivity contribution < 1.29 is 29.0 Å². The number of allylic oxidation sites excluding steroid dienone is 6. The number of carbonyl (C=O) groups excluding carboxylic acids is 4. The second kappa shape index (κ2) is 9.20. The van der Waals surface area contributed by atoms with E-state index in [1.807, 2.05) is 30.5 Å². The monoisotopic (exact) mass is 529 g/mol. The van der Waals surface area contributed by atoms with Crippen molar-refractivity contribution >= 4 is 34.7 Å². The number of aromatic hydroxyl groups is 1. The highest BCUT2D eigenvalue weighted by atomic mass is 32.1. The molecule has 0 saturated carbocycles. The van der Waals surface area contributed by atoms with E-state index in [0.29, 0.717) is 41.1 Å². The maximum absolute atomic E-state index is 13.8. The molecule has 2 aromatic rings. The van der Waals surface area contributed by atoms with Crippen LogP contribution in [0, 0.1) is 17.8 Å². The molecule has 4 aliphatic rings. The van der Waals surface area contributed by atoms with Crippen LogP contribution in [0.1, 0.15) is 43.0 Å². The Kier molecular flexibility index (Phi) is 5.94. The lowest BCUT2D eigenvalue weighted by atomic mass is 9.59. The van der Waals surface area contributed by atoms with Gasteiger partial charge in [0.1, 0.15) is 0 Å². The number of phenolic OH excluding ortho intramolecular Hbond substituents is 1. The third-order valence-corrected chi connectivity index (χ3v) is 9.05. The van der Waals surface area contributed by atoms with Crippen molar-refractivity contribution in [2.75, 3.05) is 6.61 Å².